The number of hydrogen-bond acceptors (Lipinski definition) is 4. The predicted molar refractivity (Wildman–Crippen MR) is 71.1 cm³/mol. The highest BCUT2D eigenvalue weighted by molar-refractivity contribution is 7.90. The van der Waals surface area contributed by atoms with E-state index in [0.29, 0.717) is 17.9 Å². The first kappa shape index (κ1) is 13.0. The third-order valence-electron chi connectivity index (χ3n) is 3.34. The fraction of sp³-hybridized carbons (Fsp3) is 0.417. The van der Waals surface area contributed by atoms with E-state index in [1.54, 1.807) is 24.3 Å². The fourth-order valence-electron chi connectivity index (χ4n) is 1.75. The number of fused-ring (bicyclic) bond motifs is 1. The summed E-state index contributed by atoms with van der Waals surface area (Å²) in [5.41, 5.74) is 6.00. The zero-order valence-electron chi connectivity index (χ0n) is 10.7. The molecule has 98 valence electrons. The van der Waals surface area contributed by atoms with Gasteiger partial charge in [0.05, 0.1) is 0 Å². The molecule has 1 aliphatic heterocycles. The Morgan fingerprint density at radius 3 is 2.56 bits per heavy atom. The monoisotopic (exact) mass is 267 g/mol. The Kier molecular flexibility index (Phi) is 2.95. The standard InChI is InChI=1S/C12H17N3O2S/c1-12(2,8-13)15(3)11-9-6-4-5-7-10(9)18(16,17)14-11/h4-7H,8,13H2,1-3H3. The number of hydrogen-bond donors (Lipinski definition) is 1. The highest BCUT2D eigenvalue weighted by Crippen LogP contribution is 2.29. The minimum atomic E-state index is -3.56. The summed E-state index contributed by atoms with van der Waals surface area (Å²) >= 11 is 0. The Labute approximate surface area is 107 Å². The molecule has 5 nitrogen and oxygen atoms in total. The van der Waals surface area contributed by atoms with Crippen LogP contribution in [0.5, 0.6) is 0 Å². The highest BCUT2D eigenvalue weighted by atomic mass is 32.2. The van der Waals surface area contributed by atoms with Crippen LogP contribution in [-0.4, -0.2) is 38.3 Å². The van der Waals surface area contributed by atoms with Gasteiger partial charge in [-0.25, -0.2) is 0 Å². The molecule has 0 aromatic heterocycles. The van der Waals surface area contributed by atoms with Crippen molar-refractivity contribution in [3.8, 4) is 0 Å². The molecule has 1 aliphatic rings. The van der Waals surface area contributed by atoms with E-state index in [-0.39, 0.29) is 10.4 Å². The van der Waals surface area contributed by atoms with Gasteiger partial charge in [-0.1, -0.05) is 12.1 Å². The van der Waals surface area contributed by atoms with E-state index in [4.69, 9.17) is 5.73 Å². The number of rotatable bonds is 2. The van der Waals surface area contributed by atoms with Gasteiger partial charge in [-0.3, -0.25) is 0 Å². The van der Waals surface area contributed by atoms with E-state index in [9.17, 15) is 8.42 Å². The summed E-state index contributed by atoms with van der Waals surface area (Å²) in [7, 11) is -1.75. The number of nitrogens with two attached hydrogens (primary N) is 1. The molecule has 18 heavy (non-hydrogen) atoms. The van der Waals surface area contributed by atoms with Crippen LogP contribution in [0.3, 0.4) is 0 Å². The van der Waals surface area contributed by atoms with Gasteiger partial charge in [0.1, 0.15) is 4.90 Å². The van der Waals surface area contributed by atoms with Crippen molar-refractivity contribution in [2.75, 3.05) is 13.6 Å². The van der Waals surface area contributed by atoms with Crippen LogP contribution in [0.4, 0.5) is 0 Å². The number of nitrogens with zero attached hydrogens (tertiary/aromatic N) is 2. The SMILES string of the molecule is CN(C1=NS(=O)(=O)c2ccccc21)C(C)(C)CN. The van der Waals surface area contributed by atoms with E-state index < -0.39 is 10.0 Å². The molecule has 0 spiro atoms. The topological polar surface area (TPSA) is 75.8 Å². The van der Waals surface area contributed by atoms with Crippen LogP contribution in [0.25, 0.3) is 0 Å². The zero-order valence-corrected chi connectivity index (χ0v) is 11.5. The van der Waals surface area contributed by atoms with Crippen LogP contribution in [0, 0.1) is 0 Å². The Bertz CT molecular complexity index is 606. The second-order valence-corrected chi connectivity index (χ2v) is 6.53. The van der Waals surface area contributed by atoms with Gasteiger partial charge in [0.15, 0.2) is 5.84 Å². The number of sulfonamides is 1. The average Bonchev–Trinajstić information content (AvgIpc) is 2.61. The van der Waals surface area contributed by atoms with Crippen molar-refractivity contribution in [3.05, 3.63) is 29.8 Å². The molecule has 0 aliphatic carbocycles. The van der Waals surface area contributed by atoms with E-state index in [0.717, 1.165) is 0 Å². The Morgan fingerprint density at radius 1 is 1.33 bits per heavy atom. The fourth-order valence-corrected chi connectivity index (χ4v) is 2.99. The summed E-state index contributed by atoms with van der Waals surface area (Å²) in [6.45, 7) is 4.30. The molecule has 1 heterocycles. The van der Waals surface area contributed by atoms with Gasteiger partial charge in [-0.15, -0.1) is 4.40 Å². The quantitative estimate of drug-likeness (QED) is 0.860. The molecular formula is C12H17N3O2S. The van der Waals surface area contributed by atoms with Gasteiger partial charge in [0, 0.05) is 24.7 Å². The second kappa shape index (κ2) is 4.07. The van der Waals surface area contributed by atoms with Crippen molar-refractivity contribution in [1.82, 2.24) is 4.90 Å². The van der Waals surface area contributed by atoms with Crippen molar-refractivity contribution in [3.63, 3.8) is 0 Å². The lowest BCUT2D eigenvalue weighted by Crippen LogP contribution is -2.50. The Hall–Kier alpha value is -1.40. The number of amidine groups is 1. The summed E-state index contributed by atoms with van der Waals surface area (Å²) in [6.07, 6.45) is 0. The van der Waals surface area contributed by atoms with Gasteiger partial charge in [0.25, 0.3) is 10.0 Å². The van der Waals surface area contributed by atoms with Gasteiger partial charge in [-0.05, 0) is 26.0 Å². The van der Waals surface area contributed by atoms with Crippen LogP contribution >= 0.6 is 0 Å². The summed E-state index contributed by atoms with van der Waals surface area (Å²) in [6, 6.07) is 6.84. The third kappa shape index (κ3) is 1.91. The minimum absolute atomic E-state index is 0.264. The van der Waals surface area contributed by atoms with Crippen LogP contribution in [-0.2, 0) is 10.0 Å². The zero-order chi connectivity index (χ0) is 13.6. The number of benzene rings is 1. The molecule has 1 aromatic carbocycles. The highest BCUT2D eigenvalue weighted by Gasteiger charge is 2.34. The largest absolute Gasteiger partial charge is 0.352 e. The van der Waals surface area contributed by atoms with Crippen molar-refractivity contribution in [2.24, 2.45) is 10.1 Å². The van der Waals surface area contributed by atoms with E-state index in [1.165, 1.54) is 0 Å². The van der Waals surface area contributed by atoms with Crippen molar-refractivity contribution in [1.29, 1.82) is 0 Å². The van der Waals surface area contributed by atoms with Gasteiger partial charge in [-0.2, -0.15) is 8.42 Å². The van der Waals surface area contributed by atoms with Crippen LogP contribution in [0.1, 0.15) is 19.4 Å². The van der Waals surface area contributed by atoms with Crippen LogP contribution in [0.15, 0.2) is 33.6 Å². The Morgan fingerprint density at radius 2 is 1.94 bits per heavy atom. The first-order valence-corrected chi connectivity index (χ1v) is 7.12. The lowest BCUT2D eigenvalue weighted by molar-refractivity contribution is 0.264. The van der Waals surface area contributed by atoms with E-state index in [2.05, 4.69) is 4.40 Å². The molecule has 0 saturated carbocycles. The normalized spacial score (nSPS) is 17.2. The van der Waals surface area contributed by atoms with Gasteiger partial charge in [0.2, 0.25) is 0 Å². The third-order valence-corrected chi connectivity index (χ3v) is 4.66. The summed E-state index contributed by atoms with van der Waals surface area (Å²) < 4.78 is 27.7. The first-order valence-electron chi connectivity index (χ1n) is 5.68. The molecule has 0 bridgehead atoms. The first-order chi connectivity index (χ1) is 8.29. The average molecular weight is 267 g/mol. The maximum atomic E-state index is 11.9. The maximum absolute atomic E-state index is 11.9. The molecule has 0 amide bonds. The molecule has 0 radical (unpaired) electrons. The molecular weight excluding hydrogens is 250 g/mol. The smallest absolute Gasteiger partial charge is 0.285 e. The van der Waals surface area contributed by atoms with Crippen LogP contribution in [0.2, 0.25) is 0 Å². The summed E-state index contributed by atoms with van der Waals surface area (Å²) in [5.74, 6) is 0.459. The number of likely N-dealkylation sites (N-methyl/N-ethyl adjacent to an activating group) is 1. The minimum Gasteiger partial charge on any atom is -0.352 e. The van der Waals surface area contributed by atoms with Crippen molar-refractivity contribution < 1.29 is 8.42 Å². The molecule has 0 unspecified atom stereocenters. The maximum Gasteiger partial charge on any atom is 0.285 e. The summed E-state index contributed by atoms with van der Waals surface area (Å²) in [5, 5.41) is 0. The van der Waals surface area contributed by atoms with Crippen LogP contribution < -0.4 is 5.73 Å². The lowest BCUT2D eigenvalue weighted by Gasteiger charge is -2.36. The van der Waals surface area contributed by atoms with Gasteiger partial charge < -0.3 is 10.6 Å². The van der Waals surface area contributed by atoms with Gasteiger partial charge >= 0.3 is 0 Å². The molecule has 0 saturated heterocycles. The second-order valence-electron chi connectivity index (χ2n) is 4.96. The van der Waals surface area contributed by atoms with Crippen molar-refractivity contribution in [2.45, 2.75) is 24.3 Å². The molecule has 0 atom stereocenters. The molecule has 1 aromatic rings. The van der Waals surface area contributed by atoms with E-state index in [1.807, 2.05) is 25.8 Å². The Balaban J connectivity index is 2.56. The lowest BCUT2D eigenvalue weighted by atomic mass is 10.0. The summed E-state index contributed by atoms with van der Waals surface area (Å²) in [4.78, 5) is 2.08. The molecule has 6 heteroatoms. The molecule has 2 N–H and O–H groups in total. The predicted octanol–water partition coefficient (Wildman–Crippen LogP) is 0.805. The molecule has 2 rings (SSSR count). The van der Waals surface area contributed by atoms with E-state index >= 15 is 0 Å². The van der Waals surface area contributed by atoms with Crippen molar-refractivity contribution >= 4 is 15.9 Å². The molecule has 0 fully saturated rings.